The monoisotopic (exact) mass is 407 g/mol. The predicted octanol–water partition coefficient (Wildman–Crippen LogP) is 3.12. The lowest BCUT2D eigenvalue weighted by atomic mass is 10.3. The molecule has 7 nitrogen and oxygen atoms in total. The molecule has 0 bridgehead atoms. The Morgan fingerprint density at radius 3 is 2.70 bits per heavy atom. The Bertz CT molecular complexity index is 1050. The number of carbonyl (C=O) groups is 1. The summed E-state index contributed by atoms with van der Waals surface area (Å²) in [4.78, 5) is 17.3. The van der Waals surface area contributed by atoms with Crippen molar-refractivity contribution in [2.45, 2.75) is 31.4 Å². The molecular formula is C18H21N3O4S2. The van der Waals surface area contributed by atoms with Crippen LogP contribution < -0.4 is 0 Å². The number of ether oxygens (including phenoxy) is 1. The lowest BCUT2D eigenvalue weighted by Crippen LogP contribution is -2.22. The molecule has 0 N–H and O–H groups in total. The smallest absolute Gasteiger partial charge is 0.348 e. The summed E-state index contributed by atoms with van der Waals surface area (Å²) in [5, 5.41) is 1.82. The molecule has 0 radical (unpaired) electrons. The molecule has 144 valence electrons. The van der Waals surface area contributed by atoms with Gasteiger partial charge >= 0.3 is 5.97 Å². The zero-order chi connectivity index (χ0) is 19.6. The normalized spacial score (nSPS) is 12.0. The average molecular weight is 408 g/mol. The van der Waals surface area contributed by atoms with E-state index < -0.39 is 16.0 Å². The van der Waals surface area contributed by atoms with Crippen LogP contribution in [0.5, 0.6) is 0 Å². The third kappa shape index (κ3) is 3.90. The molecule has 9 heteroatoms. The molecule has 0 unspecified atom stereocenters. The third-order valence-corrected chi connectivity index (χ3v) is 6.74. The average Bonchev–Trinajstić information content (AvgIpc) is 3.28. The molecule has 1 aromatic carbocycles. The summed E-state index contributed by atoms with van der Waals surface area (Å²) in [5.74, 6) is 0.201. The summed E-state index contributed by atoms with van der Waals surface area (Å²) in [6.07, 6.45) is 0.870. The Morgan fingerprint density at radius 1 is 1.30 bits per heavy atom. The van der Waals surface area contributed by atoms with Crippen molar-refractivity contribution >= 4 is 38.4 Å². The van der Waals surface area contributed by atoms with Crippen molar-refractivity contribution in [3.8, 4) is 0 Å². The highest BCUT2D eigenvalue weighted by Crippen LogP contribution is 2.23. The molecule has 2 heterocycles. The molecule has 27 heavy (non-hydrogen) atoms. The molecule has 0 saturated heterocycles. The first-order valence-corrected chi connectivity index (χ1v) is 10.8. The summed E-state index contributed by atoms with van der Waals surface area (Å²) < 4.78 is 33.2. The van der Waals surface area contributed by atoms with Gasteiger partial charge in [-0.2, -0.15) is 0 Å². The number of hydrogen-bond donors (Lipinski definition) is 0. The van der Waals surface area contributed by atoms with Gasteiger partial charge in [-0.25, -0.2) is 22.5 Å². The van der Waals surface area contributed by atoms with Gasteiger partial charge in [0.1, 0.15) is 17.3 Å². The lowest BCUT2D eigenvalue weighted by molar-refractivity contribution is 0.0464. The molecule has 3 rings (SSSR count). The van der Waals surface area contributed by atoms with Crippen LogP contribution in [0.2, 0.25) is 0 Å². The quantitative estimate of drug-likeness (QED) is 0.562. The summed E-state index contributed by atoms with van der Waals surface area (Å²) >= 11 is 1.32. The van der Waals surface area contributed by atoms with Crippen LogP contribution in [0.1, 0.15) is 28.8 Å². The van der Waals surface area contributed by atoms with E-state index in [1.54, 1.807) is 30.3 Å². The van der Waals surface area contributed by atoms with E-state index >= 15 is 0 Å². The third-order valence-electron chi connectivity index (χ3n) is 4.08. The zero-order valence-corrected chi connectivity index (χ0v) is 17.0. The Kier molecular flexibility index (Phi) is 5.64. The largest absolute Gasteiger partial charge is 0.453 e. The number of imidazole rings is 1. The van der Waals surface area contributed by atoms with Crippen LogP contribution >= 0.6 is 11.3 Å². The SMILES string of the molecule is CCCn1c(COC(=O)c2cccs2)nc2cc(S(=O)(=O)N(C)C)ccc21. The Morgan fingerprint density at radius 2 is 2.07 bits per heavy atom. The molecule has 0 spiro atoms. The molecule has 0 saturated carbocycles. The standard InChI is InChI=1S/C18H21N3O4S2/c1-4-9-21-15-8-7-13(27(23,24)20(2)3)11-14(15)19-17(21)12-25-18(22)16-6-5-10-26-16/h5-8,10-11H,4,9,12H2,1-3H3. The molecule has 2 aromatic heterocycles. The zero-order valence-electron chi connectivity index (χ0n) is 15.4. The van der Waals surface area contributed by atoms with Crippen LogP contribution in [-0.2, 0) is 27.9 Å². The van der Waals surface area contributed by atoms with Gasteiger partial charge in [0, 0.05) is 20.6 Å². The van der Waals surface area contributed by atoms with Crippen molar-refractivity contribution in [2.75, 3.05) is 14.1 Å². The topological polar surface area (TPSA) is 81.5 Å². The summed E-state index contributed by atoms with van der Waals surface area (Å²) in [6.45, 7) is 2.77. The number of carbonyl (C=O) groups excluding carboxylic acids is 1. The van der Waals surface area contributed by atoms with E-state index in [9.17, 15) is 13.2 Å². The minimum absolute atomic E-state index is 0.0289. The maximum absolute atomic E-state index is 12.4. The Balaban J connectivity index is 1.94. The van der Waals surface area contributed by atoms with Crippen LogP contribution in [0.4, 0.5) is 0 Å². The number of benzene rings is 1. The van der Waals surface area contributed by atoms with Gasteiger partial charge in [-0.15, -0.1) is 11.3 Å². The molecule has 0 amide bonds. The van der Waals surface area contributed by atoms with Gasteiger partial charge in [0.2, 0.25) is 10.0 Å². The van der Waals surface area contributed by atoms with Crippen molar-refractivity contribution in [3.05, 3.63) is 46.4 Å². The van der Waals surface area contributed by atoms with E-state index in [1.807, 2.05) is 16.9 Å². The fourth-order valence-electron chi connectivity index (χ4n) is 2.71. The first kappa shape index (κ1) is 19.5. The molecule has 3 aromatic rings. The second-order valence-corrected chi connectivity index (χ2v) is 9.27. The summed E-state index contributed by atoms with van der Waals surface area (Å²) in [6, 6.07) is 8.38. The molecular weight excluding hydrogens is 386 g/mol. The number of esters is 1. The highest BCUT2D eigenvalue weighted by Gasteiger charge is 2.20. The van der Waals surface area contributed by atoms with Crippen LogP contribution in [-0.4, -0.2) is 42.3 Å². The number of aromatic nitrogens is 2. The molecule has 0 atom stereocenters. The van der Waals surface area contributed by atoms with Crippen LogP contribution in [0.15, 0.2) is 40.6 Å². The fraction of sp³-hybridized carbons (Fsp3) is 0.333. The highest BCUT2D eigenvalue weighted by atomic mass is 32.2. The number of aryl methyl sites for hydroxylation is 1. The molecule has 0 aliphatic carbocycles. The second-order valence-electron chi connectivity index (χ2n) is 6.17. The number of hydrogen-bond acceptors (Lipinski definition) is 6. The number of rotatable bonds is 7. The van der Waals surface area contributed by atoms with E-state index in [0.29, 0.717) is 22.8 Å². The van der Waals surface area contributed by atoms with Gasteiger partial charge in [0.25, 0.3) is 0 Å². The number of thiophene rings is 1. The Hall–Kier alpha value is -2.23. The minimum atomic E-state index is -3.54. The predicted molar refractivity (Wildman–Crippen MR) is 104 cm³/mol. The van der Waals surface area contributed by atoms with Gasteiger partial charge in [-0.05, 0) is 36.1 Å². The molecule has 0 aliphatic rings. The first-order chi connectivity index (χ1) is 12.8. The number of fused-ring (bicyclic) bond motifs is 1. The second kappa shape index (κ2) is 7.79. The van der Waals surface area contributed by atoms with E-state index in [-0.39, 0.29) is 11.5 Å². The highest BCUT2D eigenvalue weighted by molar-refractivity contribution is 7.89. The minimum Gasteiger partial charge on any atom is -0.453 e. The van der Waals surface area contributed by atoms with Gasteiger partial charge in [-0.1, -0.05) is 13.0 Å². The molecule has 0 aliphatic heterocycles. The number of nitrogens with zero attached hydrogens (tertiary/aromatic N) is 3. The van der Waals surface area contributed by atoms with E-state index in [2.05, 4.69) is 4.98 Å². The number of sulfonamides is 1. The molecule has 0 fully saturated rings. The van der Waals surface area contributed by atoms with Crippen LogP contribution in [0.3, 0.4) is 0 Å². The van der Waals surface area contributed by atoms with Crippen molar-refractivity contribution in [2.24, 2.45) is 0 Å². The van der Waals surface area contributed by atoms with Crippen molar-refractivity contribution in [3.63, 3.8) is 0 Å². The van der Waals surface area contributed by atoms with Crippen molar-refractivity contribution < 1.29 is 17.9 Å². The first-order valence-electron chi connectivity index (χ1n) is 8.47. The summed E-state index contributed by atoms with van der Waals surface area (Å²) in [7, 11) is -0.558. The van der Waals surface area contributed by atoms with Crippen molar-refractivity contribution in [1.82, 2.24) is 13.9 Å². The maximum Gasteiger partial charge on any atom is 0.348 e. The summed E-state index contributed by atoms with van der Waals surface area (Å²) in [5.41, 5.74) is 1.38. The van der Waals surface area contributed by atoms with Gasteiger partial charge in [-0.3, -0.25) is 0 Å². The maximum atomic E-state index is 12.4. The van der Waals surface area contributed by atoms with E-state index in [4.69, 9.17) is 4.74 Å². The van der Waals surface area contributed by atoms with Gasteiger partial charge in [0.15, 0.2) is 0 Å². The van der Waals surface area contributed by atoms with Gasteiger partial charge < -0.3 is 9.30 Å². The van der Waals surface area contributed by atoms with E-state index in [0.717, 1.165) is 11.9 Å². The van der Waals surface area contributed by atoms with Gasteiger partial charge in [0.05, 0.1) is 15.9 Å². The van der Waals surface area contributed by atoms with Crippen molar-refractivity contribution in [1.29, 1.82) is 0 Å². The lowest BCUT2D eigenvalue weighted by Gasteiger charge is -2.11. The van der Waals surface area contributed by atoms with Crippen LogP contribution in [0.25, 0.3) is 11.0 Å². The fourth-order valence-corrected chi connectivity index (χ4v) is 4.25. The Labute approximate surface area is 162 Å². The van der Waals surface area contributed by atoms with E-state index in [1.165, 1.54) is 29.7 Å². The van der Waals surface area contributed by atoms with Crippen LogP contribution in [0, 0.1) is 0 Å².